The second-order valence-corrected chi connectivity index (χ2v) is 5.19. The molecular formula is C12H26N2O9. The fourth-order valence-corrected chi connectivity index (χ4v) is 1.40. The van der Waals surface area contributed by atoms with Gasteiger partial charge in [-0.05, 0) is 32.1 Å². The van der Waals surface area contributed by atoms with Gasteiger partial charge in [-0.1, -0.05) is 13.8 Å². The van der Waals surface area contributed by atoms with Gasteiger partial charge in [0.2, 0.25) is 0 Å². The Morgan fingerprint density at radius 2 is 1.70 bits per heavy atom. The molecule has 0 bridgehead atoms. The molecule has 23 heavy (non-hydrogen) atoms. The number of nitrogens with zero attached hydrogens (tertiary/aromatic N) is 2. The highest BCUT2D eigenvalue weighted by Gasteiger charge is 2.16. The van der Waals surface area contributed by atoms with Crippen molar-refractivity contribution in [2.24, 2.45) is 5.92 Å². The molecule has 0 aromatic carbocycles. The molecule has 0 aliphatic heterocycles. The molecule has 11 heteroatoms. The summed E-state index contributed by atoms with van der Waals surface area (Å²) in [6, 6.07) is 0. The maximum atomic E-state index is 11.4. The lowest BCUT2D eigenvalue weighted by Crippen LogP contribution is -2.31. The standard InChI is InChI=1S/C12H26N2O9/c1-9(2)10(3)22-12(15)20-7-5-4-6-11(23-14(18)19)8-21-13(16)17/h9-11,16-19H,4-8H2,1-3H3/t10?,11-/m0/s1. The summed E-state index contributed by atoms with van der Waals surface area (Å²) in [6.07, 6.45) is -0.574. The quantitative estimate of drug-likeness (QED) is 0.234. The van der Waals surface area contributed by atoms with Gasteiger partial charge in [-0.3, -0.25) is 20.8 Å². The van der Waals surface area contributed by atoms with Crippen LogP contribution in [0.15, 0.2) is 0 Å². The highest BCUT2D eigenvalue weighted by atomic mass is 17.1. The Morgan fingerprint density at radius 3 is 2.22 bits per heavy atom. The van der Waals surface area contributed by atoms with E-state index in [9.17, 15) is 4.79 Å². The normalized spacial score (nSPS) is 14.3. The minimum atomic E-state index is -0.847. The average Bonchev–Trinajstić information content (AvgIpc) is 2.43. The fourth-order valence-electron chi connectivity index (χ4n) is 1.40. The van der Waals surface area contributed by atoms with Gasteiger partial charge in [0.15, 0.2) is 0 Å². The Kier molecular flexibility index (Phi) is 11.8. The van der Waals surface area contributed by atoms with E-state index in [1.807, 2.05) is 13.8 Å². The van der Waals surface area contributed by atoms with Crippen LogP contribution in [0.3, 0.4) is 0 Å². The van der Waals surface area contributed by atoms with Gasteiger partial charge in [0, 0.05) is 0 Å². The van der Waals surface area contributed by atoms with E-state index in [1.165, 1.54) is 0 Å². The number of ether oxygens (including phenoxy) is 2. The van der Waals surface area contributed by atoms with E-state index in [1.54, 1.807) is 6.92 Å². The largest absolute Gasteiger partial charge is 0.508 e. The van der Waals surface area contributed by atoms with E-state index in [0.717, 1.165) is 0 Å². The zero-order chi connectivity index (χ0) is 17.8. The van der Waals surface area contributed by atoms with Crippen LogP contribution in [0.1, 0.15) is 40.0 Å². The molecule has 0 spiro atoms. The van der Waals surface area contributed by atoms with Crippen molar-refractivity contribution in [2.45, 2.75) is 52.2 Å². The number of unbranched alkanes of at least 4 members (excludes halogenated alkanes) is 1. The van der Waals surface area contributed by atoms with Crippen molar-refractivity contribution in [3.8, 4) is 0 Å². The Balaban J connectivity index is 3.85. The van der Waals surface area contributed by atoms with Crippen molar-refractivity contribution in [1.82, 2.24) is 10.8 Å². The van der Waals surface area contributed by atoms with E-state index < -0.39 is 23.0 Å². The Bertz CT molecular complexity index is 315. The summed E-state index contributed by atoms with van der Waals surface area (Å²) < 4.78 is 9.91. The van der Waals surface area contributed by atoms with E-state index in [0.29, 0.717) is 12.8 Å². The van der Waals surface area contributed by atoms with Crippen molar-refractivity contribution >= 4 is 6.16 Å². The lowest BCUT2D eigenvalue weighted by Gasteiger charge is -2.19. The summed E-state index contributed by atoms with van der Waals surface area (Å²) in [6.45, 7) is 5.41. The number of carbonyl (C=O) groups excluding carboxylic acids is 1. The first-order valence-corrected chi connectivity index (χ1v) is 7.21. The number of hydrogen-bond donors (Lipinski definition) is 4. The third-order valence-corrected chi connectivity index (χ3v) is 2.98. The molecule has 0 aliphatic carbocycles. The number of hydrogen-bond acceptors (Lipinski definition) is 11. The molecule has 0 radical (unpaired) electrons. The molecule has 0 aliphatic rings. The van der Waals surface area contributed by atoms with Gasteiger partial charge in [0.1, 0.15) is 18.8 Å². The molecule has 0 heterocycles. The van der Waals surface area contributed by atoms with E-state index in [2.05, 4.69) is 9.68 Å². The zero-order valence-electron chi connectivity index (χ0n) is 13.5. The summed E-state index contributed by atoms with van der Waals surface area (Å²) in [4.78, 5) is 20.2. The van der Waals surface area contributed by atoms with Crippen LogP contribution in [-0.4, -0.2) is 63.2 Å². The maximum Gasteiger partial charge on any atom is 0.508 e. The van der Waals surface area contributed by atoms with Crippen LogP contribution in [0.4, 0.5) is 4.79 Å². The molecule has 0 saturated heterocycles. The first-order valence-electron chi connectivity index (χ1n) is 7.21. The smallest absolute Gasteiger partial charge is 0.434 e. The minimum absolute atomic E-state index is 0.130. The van der Waals surface area contributed by atoms with Gasteiger partial charge in [-0.2, -0.15) is 0 Å². The topological polar surface area (TPSA) is 141 Å². The molecule has 0 aromatic rings. The lowest BCUT2D eigenvalue weighted by atomic mass is 10.1. The Labute approximate surface area is 134 Å². The molecular weight excluding hydrogens is 316 g/mol. The molecule has 0 aromatic heterocycles. The van der Waals surface area contributed by atoms with Crippen LogP contribution in [0.25, 0.3) is 0 Å². The summed E-state index contributed by atoms with van der Waals surface area (Å²) in [5.41, 5.74) is 0. The van der Waals surface area contributed by atoms with Crippen LogP contribution in [-0.2, 0) is 19.1 Å². The molecule has 138 valence electrons. The van der Waals surface area contributed by atoms with Crippen LogP contribution in [0.2, 0.25) is 0 Å². The minimum Gasteiger partial charge on any atom is -0.434 e. The molecule has 0 amide bonds. The second-order valence-electron chi connectivity index (χ2n) is 5.19. The van der Waals surface area contributed by atoms with Crippen LogP contribution in [0, 0.1) is 5.92 Å². The highest BCUT2D eigenvalue weighted by Crippen LogP contribution is 2.09. The van der Waals surface area contributed by atoms with E-state index >= 15 is 0 Å². The van der Waals surface area contributed by atoms with Gasteiger partial charge in [-0.25, -0.2) is 14.5 Å². The number of rotatable bonds is 12. The van der Waals surface area contributed by atoms with Crippen molar-refractivity contribution in [2.75, 3.05) is 13.2 Å². The average molecular weight is 342 g/mol. The Hall–Kier alpha value is -1.05. The zero-order valence-corrected chi connectivity index (χ0v) is 13.5. The third-order valence-electron chi connectivity index (χ3n) is 2.98. The molecule has 1 unspecified atom stereocenters. The molecule has 0 rings (SSSR count). The van der Waals surface area contributed by atoms with Crippen molar-refractivity contribution in [1.29, 1.82) is 0 Å². The van der Waals surface area contributed by atoms with E-state index in [-0.39, 0.29) is 31.7 Å². The summed E-state index contributed by atoms with van der Waals surface area (Å²) in [7, 11) is 0. The van der Waals surface area contributed by atoms with Gasteiger partial charge >= 0.3 is 6.16 Å². The van der Waals surface area contributed by atoms with Crippen LogP contribution in [0.5, 0.6) is 0 Å². The summed E-state index contributed by atoms with van der Waals surface area (Å²) in [5, 5.41) is 33.0. The molecule has 4 N–H and O–H groups in total. The summed E-state index contributed by atoms with van der Waals surface area (Å²) >= 11 is 0. The lowest BCUT2D eigenvalue weighted by molar-refractivity contribution is -0.527. The number of carbonyl (C=O) groups is 1. The highest BCUT2D eigenvalue weighted by molar-refractivity contribution is 5.60. The first-order chi connectivity index (χ1) is 10.7. The monoisotopic (exact) mass is 342 g/mol. The molecule has 11 nitrogen and oxygen atoms in total. The van der Waals surface area contributed by atoms with Gasteiger partial charge in [-0.15, -0.1) is 0 Å². The third kappa shape index (κ3) is 13.1. The van der Waals surface area contributed by atoms with Crippen molar-refractivity contribution in [3.63, 3.8) is 0 Å². The van der Waals surface area contributed by atoms with Crippen LogP contribution >= 0.6 is 0 Å². The Morgan fingerprint density at radius 1 is 1.04 bits per heavy atom. The van der Waals surface area contributed by atoms with Crippen molar-refractivity contribution < 1.29 is 44.8 Å². The fraction of sp³-hybridized carbons (Fsp3) is 0.917. The van der Waals surface area contributed by atoms with Crippen molar-refractivity contribution in [3.05, 3.63) is 0 Å². The molecule has 0 saturated carbocycles. The molecule has 0 fully saturated rings. The molecule has 2 atom stereocenters. The predicted octanol–water partition coefficient (Wildman–Crippen LogP) is 1.75. The second kappa shape index (κ2) is 12.4. The maximum absolute atomic E-state index is 11.4. The van der Waals surface area contributed by atoms with Gasteiger partial charge in [0.25, 0.3) is 0 Å². The van der Waals surface area contributed by atoms with E-state index in [4.69, 9.17) is 30.3 Å². The van der Waals surface area contributed by atoms with Gasteiger partial charge < -0.3 is 9.47 Å². The SMILES string of the molecule is CC(C)C(C)OC(=O)OCCCC[C@@H](CON(O)O)ON(O)O. The van der Waals surface area contributed by atoms with Gasteiger partial charge in [0.05, 0.1) is 17.4 Å². The van der Waals surface area contributed by atoms with Crippen LogP contribution < -0.4 is 0 Å². The summed E-state index contributed by atoms with van der Waals surface area (Å²) in [5.74, 6) is 0.193. The predicted molar refractivity (Wildman–Crippen MR) is 72.2 cm³/mol. The first kappa shape index (κ1) is 21.9.